The van der Waals surface area contributed by atoms with Gasteiger partial charge in [0, 0.05) is 17.8 Å². The number of anilines is 1. The zero-order chi connectivity index (χ0) is 15.6. The summed E-state index contributed by atoms with van der Waals surface area (Å²) in [6, 6.07) is 5.57. The number of rotatable bonds is 3. The molecule has 0 amide bonds. The first-order valence-corrected chi connectivity index (χ1v) is 6.42. The maximum Gasteiger partial charge on any atom is 0.433 e. The van der Waals surface area contributed by atoms with Gasteiger partial charge in [0.15, 0.2) is 5.82 Å². The molecule has 4 nitrogen and oxygen atoms in total. The molecule has 0 bridgehead atoms. The largest absolute Gasteiger partial charge is 0.433 e. The van der Waals surface area contributed by atoms with Crippen LogP contribution in [0.25, 0.3) is 11.5 Å². The van der Waals surface area contributed by atoms with E-state index in [0.29, 0.717) is 11.5 Å². The van der Waals surface area contributed by atoms with Crippen LogP contribution in [0.4, 0.5) is 19.0 Å². The molecule has 0 spiro atoms. The molecule has 0 aromatic carbocycles. The maximum atomic E-state index is 12.7. The molecule has 0 unspecified atom stereocenters. The molecule has 2 heterocycles. The van der Waals surface area contributed by atoms with Crippen LogP contribution in [0, 0.1) is 6.92 Å². The second-order valence-corrected chi connectivity index (χ2v) is 4.92. The molecule has 0 atom stereocenters. The van der Waals surface area contributed by atoms with Crippen molar-refractivity contribution in [3.05, 3.63) is 35.7 Å². The Balaban J connectivity index is 2.44. The van der Waals surface area contributed by atoms with Crippen molar-refractivity contribution in [1.82, 2.24) is 15.0 Å². The summed E-state index contributed by atoms with van der Waals surface area (Å²) in [6.07, 6.45) is -4.49. The number of halogens is 3. The van der Waals surface area contributed by atoms with E-state index < -0.39 is 11.9 Å². The van der Waals surface area contributed by atoms with Crippen LogP contribution in [0.2, 0.25) is 0 Å². The van der Waals surface area contributed by atoms with Gasteiger partial charge in [0.1, 0.15) is 17.2 Å². The van der Waals surface area contributed by atoms with Gasteiger partial charge < -0.3 is 5.32 Å². The molecular formula is C14H15F3N4. The molecular weight excluding hydrogens is 281 g/mol. The molecule has 0 saturated carbocycles. The Morgan fingerprint density at radius 1 is 1.10 bits per heavy atom. The van der Waals surface area contributed by atoms with Crippen LogP contribution >= 0.6 is 0 Å². The third kappa shape index (κ3) is 3.90. The Hall–Kier alpha value is -2.18. The molecule has 0 aliphatic heterocycles. The van der Waals surface area contributed by atoms with Crippen molar-refractivity contribution in [2.24, 2.45) is 0 Å². The predicted octanol–water partition coefficient (Wildman–Crippen LogP) is 3.69. The van der Waals surface area contributed by atoms with Crippen LogP contribution in [-0.4, -0.2) is 21.0 Å². The highest BCUT2D eigenvalue weighted by molar-refractivity contribution is 5.53. The lowest BCUT2D eigenvalue weighted by Crippen LogP contribution is -2.12. The number of nitrogens with zero attached hydrogens (tertiary/aromatic N) is 3. The molecule has 21 heavy (non-hydrogen) atoms. The van der Waals surface area contributed by atoms with Gasteiger partial charge in [0.2, 0.25) is 0 Å². The number of pyridine rings is 1. The molecule has 1 N–H and O–H groups in total. The van der Waals surface area contributed by atoms with Crippen LogP contribution < -0.4 is 5.32 Å². The Morgan fingerprint density at radius 3 is 2.43 bits per heavy atom. The highest BCUT2D eigenvalue weighted by Gasteiger charge is 2.32. The minimum absolute atomic E-state index is 0.0975. The number of nitrogens with one attached hydrogen (secondary N) is 1. The van der Waals surface area contributed by atoms with Gasteiger partial charge >= 0.3 is 6.18 Å². The lowest BCUT2D eigenvalue weighted by Gasteiger charge is -2.11. The van der Waals surface area contributed by atoms with Gasteiger partial charge in [-0.25, -0.2) is 15.0 Å². The number of hydrogen-bond acceptors (Lipinski definition) is 4. The van der Waals surface area contributed by atoms with Crippen molar-refractivity contribution in [2.75, 3.05) is 5.32 Å². The van der Waals surface area contributed by atoms with Gasteiger partial charge in [0.25, 0.3) is 0 Å². The first kappa shape index (κ1) is 15.2. The van der Waals surface area contributed by atoms with Crippen molar-refractivity contribution in [3.63, 3.8) is 0 Å². The van der Waals surface area contributed by atoms with E-state index in [2.05, 4.69) is 20.3 Å². The third-order valence-electron chi connectivity index (χ3n) is 2.56. The molecule has 0 aliphatic carbocycles. The van der Waals surface area contributed by atoms with Crippen LogP contribution in [0.1, 0.15) is 25.2 Å². The zero-order valence-electron chi connectivity index (χ0n) is 11.9. The zero-order valence-corrected chi connectivity index (χ0v) is 11.9. The summed E-state index contributed by atoms with van der Waals surface area (Å²) in [7, 11) is 0. The second-order valence-electron chi connectivity index (χ2n) is 4.92. The molecule has 0 aliphatic rings. The van der Waals surface area contributed by atoms with E-state index in [9.17, 15) is 13.2 Å². The Morgan fingerprint density at radius 2 is 1.81 bits per heavy atom. The Labute approximate surface area is 120 Å². The summed E-state index contributed by atoms with van der Waals surface area (Å²) >= 11 is 0. The van der Waals surface area contributed by atoms with Crippen molar-refractivity contribution < 1.29 is 13.2 Å². The minimum Gasteiger partial charge on any atom is -0.368 e. The van der Waals surface area contributed by atoms with Gasteiger partial charge in [-0.1, -0.05) is 6.07 Å². The van der Waals surface area contributed by atoms with Crippen molar-refractivity contribution in [2.45, 2.75) is 33.0 Å². The van der Waals surface area contributed by atoms with Gasteiger partial charge in [0.05, 0.1) is 0 Å². The highest BCUT2D eigenvalue weighted by atomic mass is 19.4. The van der Waals surface area contributed by atoms with Crippen LogP contribution in [0.15, 0.2) is 24.3 Å². The fourth-order valence-electron chi connectivity index (χ4n) is 1.77. The van der Waals surface area contributed by atoms with E-state index in [-0.39, 0.29) is 17.6 Å². The van der Waals surface area contributed by atoms with Crippen LogP contribution in [0.5, 0.6) is 0 Å². The van der Waals surface area contributed by atoms with E-state index >= 15 is 0 Å². The smallest absolute Gasteiger partial charge is 0.368 e. The number of aryl methyl sites for hydroxylation is 1. The Kier molecular flexibility index (Phi) is 4.11. The van der Waals surface area contributed by atoms with Crippen molar-refractivity contribution >= 4 is 5.82 Å². The predicted molar refractivity (Wildman–Crippen MR) is 73.8 cm³/mol. The van der Waals surface area contributed by atoms with Gasteiger partial charge in [-0.05, 0) is 32.9 Å². The normalized spacial score (nSPS) is 11.8. The molecule has 0 fully saturated rings. The van der Waals surface area contributed by atoms with Crippen molar-refractivity contribution in [1.29, 1.82) is 0 Å². The van der Waals surface area contributed by atoms with E-state index in [4.69, 9.17) is 0 Å². The molecule has 112 valence electrons. The quantitative estimate of drug-likeness (QED) is 0.938. The molecule has 2 aromatic rings. The molecule has 2 rings (SSSR count). The molecule has 2 aromatic heterocycles. The first-order chi connectivity index (χ1) is 9.75. The molecule has 0 radical (unpaired) electrons. The average Bonchev–Trinajstić information content (AvgIpc) is 2.36. The standard InChI is InChI=1S/C14H15F3N4/c1-8(2)18-12-7-9(3)19-13(21-12)10-5-4-6-11(20-10)14(15,16)17/h4-8H,1-3H3,(H,18,19,21). The summed E-state index contributed by atoms with van der Waals surface area (Å²) in [6.45, 7) is 5.64. The Bertz CT molecular complexity index is 638. The summed E-state index contributed by atoms with van der Waals surface area (Å²) in [5, 5.41) is 3.10. The summed E-state index contributed by atoms with van der Waals surface area (Å²) < 4.78 is 38.1. The number of alkyl halides is 3. The minimum atomic E-state index is -4.49. The van der Waals surface area contributed by atoms with E-state index in [1.165, 1.54) is 12.1 Å². The first-order valence-electron chi connectivity index (χ1n) is 6.42. The van der Waals surface area contributed by atoms with E-state index in [1.807, 2.05) is 13.8 Å². The summed E-state index contributed by atoms with van der Waals surface area (Å²) in [5.74, 6) is 0.732. The lowest BCUT2D eigenvalue weighted by atomic mass is 10.2. The summed E-state index contributed by atoms with van der Waals surface area (Å²) in [5.41, 5.74) is -0.203. The second kappa shape index (κ2) is 5.67. The van der Waals surface area contributed by atoms with Crippen molar-refractivity contribution in [3.8, 4) is 11.5 Å². The van der Waals surface area contributed by atoms with Crippen LogP contribution in [0.3, 0.4) is 0 Å². The monoisotopic (exact) mass is 296 g/mol. The lowest BCUT2D eigenvalue weighted by molar-refractivity contribution is -0.141. The van der Waals surface area contributed by atoms with Gasteiger partial charge in [-0.15, -0.1) is 0 Å². The maximum absolute atomic E-state index is 12.7. The van der Waals surface area contributed by atoms with E-state index in [1.54, 1.807) is 13.0 Å². The fraction of sp³-hybridized carbons (Fsp3) is 0.357. The SMILES string of the molecule is Cc1cc(NC(C)C)nc(-c2cccc(C(F)(F)F)n2)n1. The topological polar surface area (TPSA) is 50.7 Å². The van der Waals surface area contributed by atoms with Crippen LogP contribution in [-0.2, 0) is 6.18 Å². The summed E-state index contributed by atoms with van der Waals surface area (Å²) in [4.78, 5) is 12.0. The molecule has 7 heteroatoms. The van der Waals surface area contributed by atoms with Gasteiger partial charge in [-0.2, -0.15) is 13.2 Å². The van der Waals surface area contributed by atoms with Gasteiger partial charge in [-0.3, -0.25) is 0 Å². The molecule has 0 saturated heterocycles. The number of hydrogen-bond donors (Lipinski definition) is 1. The fourth-order valence-corrected chi connectivity index (χ4v) is 1.77. The third-order valence-corrected chi connectivity index (χ3v) is 2.56. The highest BCUT2D eigenvalue weighted by Crippen LogP contribution is 2.29. The van der Waals surface area contributed by atoms with E-state index in [0.717, 1.165) is 6.07 Å². The average molecular weight is 296 g/mol. The number of aromatic nitrogens is 3.